The summed E-state index contributed by atoms with van der Waals surface area (Å²) in [6, 6.07) is 1.53. The van der Waals surface area contributed by atoms with Gasteiger partial charge in [-0.1, -0.05) is 40.0 Å². The van der Waals surface area contributed by atoms with E-state index in [1.807, 2.05) is 0 Å². The van der Waals surface area contributed by atoms with Crippen molar-refractivity contribution in [3.8, 4) is 0 Å². The van der Waals surface area contributed by atoms with Crippen LogP contribution < -0.4 is 5.32 Å². The Labute approximate surface area is 120 Å². The third-order valence-corrected chi connectivity index (χ3v) is 5.57. The molecule has 1 aliphatic heterocycles. The van der Waals surface area contributed by atoms with E-state index < -0.39 is 0 Å². The van der Waals surface area contributed by atoms with E-state index >= 15 is 0 Å². The largest absolute Gasteiger partial charge is 0.315 e. The summed E-state index contributed by atoms with van der Waals surface area (Å²) in [6.45, 7) is 9.88. The number of hydrogen-bond acceptors (Lipinski definition) is 2. The fourth-order valence-electron chi connectivity index (χ4n) is 4.16. The molecule has 1 aliphatic carbocycles. The highest BCUT2D eigenvalue weighted by atomic mass is 15.2. The van der Waals surface area contributed by atoms with Crippen molar-refractivity contribution in [3.05, 3.63) is 0 Å². The number of likely N-dealkylation sites (tertiary alicyclic amines) is 1. The first-order valence-corrected chi connectivity index (χ1v) is 8.43. The molecule has 0 radical (unpaired) electrons. The van der Waals surface area contributed by atoms with Crippen LogP contribution >= 0.6 is 0 Å². The number of piperidine rings is 1. The Hall–Kier alpha value is -0.0800. The summed E-state index contributed by atoms with van der Waals surface area (Å²) in [4.78, 5) is 2.80. The van der Waals surface area contributed by atoms with Crippen LogP contribution in [0, 0.1) is 11.3 Å². The lowest BCUT2D eigenvalue weighted by Gasteiger charge is -2.43. The highest BCUT2D eigenvalue weighted by Crippen LogP contribution is 2.36. The molecule has 2 aliphatic rings. The first kappa shape index (κ1) is 15.3. The maximum atomic E-state index is 3.59. The zero-order valence-electron chi connectivity index (χ0n) is 13.5. The van der Waals surface area contributed by atoms with Crippen LogP contribution in [0.4, 0.5) is 0 Å². The van der Waals surface area contributed by atoms with Crippen LogP contribution in [0.25, 0.3) is 0 Å². The maximum absolute atomic E-state index is 3.59. The van der Waals surface area contributed by atoms with Crippen molar-refractivity contribution in [2.75, 3.05) is 20.1 Å². The maximum Gasteiger partial charge on any atom is 0.0249 e. The molecule has 0 spiro atoms. The van der Waals surface area contributed by atoms with Crippen LogP contribution in [-0.4, -0.2) is 37.1 Å². The molecule has 2 nitrogen and oxygen atoms in total. The van der Waals surface area contributed by atoms with Gasteiger partial charge in [0.1, 0.15) is 0 Å². The fraction of sp³-hybridized carbons (Fsp3) is 1.00. The van der Waals surface area contributed by atoms with Crippen molar-refractivity contribution in [3.63, 3.8) is 0 Å². The second kappa shape index (κ2) is 6.58. The lowest BCUT2D eigenvalue weighted by Crippen LogP contribution is -2.52. The Morgan fingerprint density at radius 3 is 2.11 bits per heavy atom. The number of likely N-dealkylation sites (N-methyl/N-ethyl adjacent to an activating group) is 1. The molecule has 19 heavy (non-hydrogen) atoms. The van der Waals surface area contributed by atoms with E-state index in [-0.39, 0.29) is 0 Å². The Morgan fingerprint density at radius 1 is 0.895 bits per heavy atom. The van der Waals surface area contributed by atoms with Gasteiger partial charge in [-0.3, -0.25) is 4.90 Å². The highest BCUT2D eigenvalue weighted by molar-refractivity contribution is 4.90. The van der Waals surface area contributed by atoms with E-state index in [0.717, 1.165) is 18.0 Å². The number of nitrogens with zero attached hydrogens (tertiary/aromatic N) is 1. The minimum atomic E-state index is 0.498. The zero-order valence-corrected chi connectivity index (χ0v) is 13.5. The molecular weight excluding hydrogens is 232 g/mol. The number of nitrogens with one attached hydrogen (secondary N) is 1. The molecule has 0 aromatic heterocycles. The van der Waals surface area contributed by atoms with Crippen LogP contribution in [0.5, 0.6) is 0 Å². The standard InChI is InChI=1S/C17H34N2/c1-17(2,3)14-10-12-19(13-11-14)16-9-7-5-6-8-15(16)18-4/h14-16,18H,5-13H2,1-4H3. The van der Waals surface area contributed by atoms with Crippen LogP contribution in [0.15, 0.2) is 0 Å². The van der Waals surface area contributed by atoms with Gasteiger partial charge in [0.05, 0.1) is 0 Å². The average Bonchev–Trinajstić information content (AvgIpc) is 2.62. The van der Waals surface area contributed by atoms with E-state index in [0.29, 0.717) is 5.41 Å². The molecule has 1 saturated heterocycles. The lowest BCUT2D eigenvalue weighted by molar-refractivity contribution is 0.0660. The van der Waals surface area contributed by atoms with Crippen molar-refractivity contribution >= 4 is 0 Å². The molecule has 0 bridgehead atoms. The Kier molecular flexibility index (Phi) is 5.30. The third kappa shape index (κ3) is 3.95. The van der Waals surface area contributed by atoms with E-state index in [9.17, 15) is 0 Å². The Bertz CT molecular complexity index is 261. The molecule has 2 fully saturated rings. The van der Waals surface area contributed by atoms with E-state index in [1.165, 1.54) is 58.0 Å². The number of rotatable bonds is 2. The summed E-state index contributed by atoms with van der Waals surface area (Å²) in [7, 11) is 2.16. The van der Waals surface area contributed by atoms with E-state index in [1.54, 1.807) is 0 Å². The van der Waals surface area contributed by atoms with Gasteiger partial charge in [0.25, 0.3) is 0 Å². The van der Waals surface area contributed by atoms with Gasteiger partial charge in [-0.15, -0.1) is 0 Å². The Morgan fingerprint density at radius 2 is 1.53 bits per heavy atom. The molecule has 1 heterocycles. The summed E-state index contributed by atoms with van der Waals surface area (Å²) in [6.07, 6.45) is 9.87. The van der Waals surface area contributed by atoms with Crippen LogP contribution in [0.2, 0.25) is 0 Å². The SMILES string of the molecule is CNC1CCCCCC1N1CCC(C(C)(C)C)CC1. The molecule has 2 rings (SSSR count). The molecule has 1 N–H and O–H groups in total. The van der Waals surface area contributed by atoms with Crippen LogP contribution in [0.1, 0.15) is 65.7 Å². The molecule has 2 unspecified atom stereocenters. The molecule has 0 aromatic rings. The molecule has 2 atom stereocenters. The first-order chi connectivity index (χ1) is 9.02. The van der Waals surface area contributed by atoms with Gasteiger partial charge in [0.2, 0.25) is 0 Å². The summed E-state index contributed by atoms with van der Waals surface area (Å²) in [5, 5.41) is 3.59. The topological polar surface area (TPSA) is 15.3 Å². The average molecular weight is 266 g/mol. The minimum Gasteiger partial charge on any atom is -0.315 e. The van der Waals surface area contributed by atoms with Crippen molar-refractivity contribution < 1.29 is 0 Å². The summed E-state index contributed by atoms with van der Waals surface area (Å²) < 4.78 is 0. The van der Waals surface area contributed by atoms with Gasteiger partial charge in [-0.05, 0) is 57.2 Å². The quantitative estimate of drug-likeness (QED) is 0.767. The Balaban J connectivity index is 1.91. The summed E-state index contributed by atoms with van der Waals surface area (Å²) in [5.74, 6) is 0.919. The third-order valence-electron chi connectivity index (χ3n) is 5.57. The summed E-state index contributed by atoms with van der Waals surface area (Å²) >= 11 is 0. The predicted molar refractivity (Wildman–Crippen MR) is 83.5 cm³/mol. The van der Waals surface area contributed by atoms with Crippen LogP contribution in [0.3, 0.4) is 0 Å². The number of hydrogen-bond donors (Lipinski definition) is 1. The van der Waals surface area contributed by atoms with E-state index in [4.69, 9.17) is 0 Å². The van der Waals surface area contributed by atoms with Gasteiger partial charge >= 0.3 is 0 Å². The summed E-state index contributed by atoms with van der Waals surface area (Å²) in [5.41, 5.74) is 0.498. The van der Waals surface area contributed by atoms with Crippen molar-refractivity contribution in [1.29, 1.82) is 0 Å². The smallest absolute Gasteiger partial charge is 0.0249 e. The lowest BCUT2D eigenvalue weighted by atomic mass is 9.75. The van der Waals surface area contributed by atoms with Crippen molar-refractivity contribution in [2.24, 2.45) is 11.3 Å². The van der Waals surface area contributed by atoms with Gasteiger partial charge in [0.15, 0.2) is 0 Å². The molecule has 112 valence electrons. The zero-order chi connectivity index (χ0) is 13.9. The molecule has 0 aromatic carbocycles. The molecular formula is C17H34N2. The molecule has 2 heteroatoms. The second-order valence-electron chi connectivity index (χ2n) is 7.78. The van der Waals surface area contributed by atoms with E-state index in [2.05, 4.69) is 38.0 Å². The fourth-order valence-corrected chi connectivity index (χ4v) is 4.16. The highest BCUT2D eigenvalue weighted by Gasteiger charge is 2.34. The molecule has 0 amide bonds. The first-order valence-electron chi connectivity index (χ1n) is 8.43. The predicted octanol–water partition coefficient (Wildman–Crippen LogP) is 3.67. The van der Waals surface area contributed by atoms with Crippen molar-refractivity contribution in [1.82, 2.24) is 10.2 Å². The van der Waals surface area contributed by atoms with Gasteiger partial charge in [-0.25, -0.2) is 0 Å². The van der Waals surface area contributed by atoms with Gasteiger partial charge in [-0.2, -0.15) is 0 Å². The van der Waals surface area contributed by atoms with Gasteiger partial charge < -0.3 is 5.32 Å². The minimum absolute atomic E-state index is 0.498. The monoisotopic (exact) mass is 266 g/mol. The molecule has 1 saturated carbocycles. The van der Waals surface area contributed by atoms with Crippen LogP contribution in [-0.2, 0) is 0 Å². The normalized spacial score (nSPS) is 32.2. The van der Waals surface area contributed by atoms with Crippen molar-refractivity contribution in [2.45, 2.75) is 77.8 Å². The van der Waals surface area contributed by atoms with Gasteiger partial charge in [0, 0.05) is 12.1 Å². The second-order valence-corrected chi connectivity index (χ2v) is 7.78.